The first-order chi connectivity index (χ1) is 9.72. The third kappa shape index (κ3) is 3.83. The van der Waals surface area contributed by atoms with E-state index in [1.165, 1.54) is 32.8 Å². The fraction of sp³-hybridized carbons (Fsp3) is 0.588. The Morgan fingerprint density at radius 1 is 1.30 bits per heavy atom. The molecule has 3 unspecified atom stereocenters. The Kier molecular flexibility index (Phi) is 5.60. The summed E-state index contributed by atoms with van der Waals surface area (Å²) in [6.45, 7) is 2.96. The molecule has 3 atom stereocenters. The second-order valence-corrected chi connectivity index (χ2v) is 5.76. The smallest absolute Gasteiger partial charge is 0.314 e. The van der Waals surface area contributed by atoms with Crippen LogP contribution in [0.15, 0.2) is 30.3 Å². The maximum Gasteiger partial charge on any atom is 0.314 e. The summed E-state index contributed by atoms with van der Waals surface area (Å²) >= 11 is 0. The van der Waals surface area contributed by atoms with E-state index in [-0.39, 0.29) is 11.9 Å². The molecule has 110 valence electrons. The van der Waals surface area contributed by atoms with Gasteiger partial charge >= 0.3 is 5.97 Å². The average Bonchev–Trinajstić information content (AvgIpc) is 2.50. The Bertz CT molecular complexity index is 418. The molecule has 1 aliphatic carbocycles. The Balaban J connectivity index is 1.99. The normalized spacial score (nSPS) is 24.1. The molecule has 1 saturated carbocycles. The van der Waals surface area contributed by atoms with Crippen molar-refractivity contribution in [1.29, 1.82) is 0 Å². The van der Waals surface area contributed by atoms with Crippen molar-refractivity contribution in [2.75, 3.05) is 13.7 Å². The van der Waals surface area contributed by atoms with Crippen LogP contribution in [-0.4, -0.2) is 25.7 Å². The van der Waals surface area contributed by atoms with Gasteiger partial charge in [-0.2, -0.15) is 0 Å². The number of carbonyl (C=O) groups is 1. The number of hydrogen-bond acceptors (Lipinski definition) is 3. The summed E-state index contributed by atoms with van der Waals surface area (Å²) in [5, 5.41) is 3.58. The number of esters is 1. The van der Waals surface area contributed by atoms with E-state index in [4.69, 9.17) is 4.74 Å². The first-order valence-corrected chi connectivity index (χ1v) is 7.58. The van der Waals surface area contributed by atoms with Crippen LogP contribution in [0, 0.1) is 5.92 Å². The molecule has 1 aromatic rings. The van der Waals surface area contributed by atoms with Crippen LogP contribution in [0.4, 0.5) is 0 Å². The van der Waals surface area contributed by atoms with E-state index < -0.39 is 0 Å². The van der Waals surface area contributed by atoms with Crippen LogP contribution in [0.25, 0.3) is 0 Å². The third-order valence-corrected chi connectivity index (χ3v) is 4.38. The Morgan fingerprint density at radius 3 is 2.65 bits per heavy atom. The van der Waals surface area contributed by atoms with Crippen LogP contribution >= 0.6 is 0 Å². The van der Waals surface area contributed by atoms with E-state index in [1.807, 2.05) is 30.3 Å². The lowest BCUT2D eigenvalue weighted by Gasteiger charge is -2.31. The van der Waals surface area contributed by atoms with Gasteiger partial charge in [0, 0.05) is 12.6 Å². The standard InChI is InChI=1S/C17H25NO2/c1-13-8-6-7-11-16(13)18-12-15(17(19)20-2)14-9-4-3-5-10-14/h3-5,9-10,13,15-16,18H,6-8,11-12H2,1-2H3. The van der Waals surface area contributed by atoms with Crippen molar-refractivity contribution in [3.8, 4) is 0 Å². The number of hydrogen-bond donors (Lipinski definition) is 1. The largest absolute Gasteiger partial charge is 0.469 e. The number of carbonyl (C=O) groups excluding carboxylic acids is 1. The second-order valence-electron chi connectivity index (χ2n) is 5.76. The molecule has 1 N–H and O–H groups in total. The van der Waals surface area contributed by atoms with Gasteiger partial charge in [-0.15, -0.1) is 0 Å². The van der Waals surface area contributed by atoms with Gasteiger partial charge in [-0.1, -0.05) is 50.1 Å². The molecule has 20 heavy (non-hydrogen) atoms. The minimum atomic E-state index is -0.213. The fourth-order valence-electron chi connectivity index (χ4n) is 3.05. The summed E-state index contributed by atoms with van der Waals surface area (Å²) < 4.78 is 4.95. The van der Waals surface area contributed by atoms with Crippen molar-refractivity contribution >= 4 is 5.97 Å². The third-order valence-electron chi connectivity index (χ3n) is 4.38. The number of methoxy groups -OCH3 is 1. The van der Waals surface area contributed by atoms with Crippen molar-refractivity contribution < 1.29 is 9.53 Å². The van der Waals surface area contributed by atoms with Crippen LogP contribution in [0.3, 0.4) is 0 Å². The zero-order chi connectivity index (χ0) is 14.4. The highest BCUT2D eigenvalue weighted by atomic mass is 16.5. The molecule has 0 bridgehead atoms. The first kappa shape index (κ1) is 15.0. The highest BCUT2D eigenvalue weighted by Crippen LogP contribution is 2.25. The lowest BCUT2D eigenvalue weighted by Crippen LogP contribution is -2.40. The van der Waals surface area contributed by atoms with Crippen LogP contribution in [-0.2, 0) is 9.53 Å². The lowest BCUT2D eigenvalue weighted by molar-refractivity contribution is -0.142. The minimum Gasteiger partial charge on any atom is -0.469 e. The highest BCUT2D eigenvalue weighted by molar-refractivity contribution is 5.78. The molecule has 0 aliphatic heterocycles. The predicted molar refractivity (Wildman–Crippen MR) is 80.6 cm³/mol. The van der Waals surface area contributed by atoms with Gasteiger partial charge in [0.2, 0.25) is 0 Å². The van der Waals surface area contributed by atoms with Gasteiger partial charge in [-0.05, 0) is 24.3 Å². The summed E-state index contributed by atoms with van der Waals surface area (Å²) in [5.74, 6) is 0.320. The van der Waals surface area contributed by atoms with Crippen molar-refractivity contribution in [2.45, 2.75) is 44.6 Å². The van der Waals surface area contributed by atoms with Gasteiger partial charge in [-0.3, -0.25) is 4.79 Å². The van der Waals surface area contributed by atoms with Gasteiger partial charge in [0.05, 0.1) is 13.0 Å². The molecule has 3 nitrogen and oxygen atoms in total. The van der Waals surface area contributed by atoms with Crippen molar-refractivity contribution in [3.63, 3.8) is 0 Å². The van der Waals surface area contributed by atoms with Gasteiger partial charge in [0.1, 0.15) is 0 Å². The van der Waals surface area contributed by atoms with E-state index in [0.717, 1.165) is 5.56 Å². The molecule has 1 fully saturated rings. The van der Waals surface area contributed by atoms with Crippen LogP contribution in [0.1, 0.15) is 44.1 Å². The second kappa shape index (κ2) is 7.44. The van der Waals surface area contributed by atoms with Crippen LogP contribution < -0.4 is 5.32 Å². The Morgan fingerprint density at radius 2 is 2.00 bits per heavy atom. The summed E-state index contributed by atoms with van der Waals surface area (Å²) in [5.41, 5.74) is 1.02. The fourth-order valence-corrected chi connectivity index (χ4v) is 3.05. The number of nitrogens with one attached hydrogen (secondary N) is 1. The topological polar surface area (TPSA) is 38.3 Å². The molecule has 3 heteroatoms. The molecule has 0 spiro atoms. The lowest BCUT2D eigenvalue weighted by atomic mass is 9.85. The molecule has 0 aromatic heterocycles. The maximum absolute atomic E-state index is 12.0. The first-order valence-electron chi connectivity index (χ1n) is 7.58. The van der Waals surface area contributed by atoms with Crippen LogP contribution in [0.5, 0.6) is 0 Å². The van der Waals surface area contributed by atoms with Gasteiger partial charge in [0.25, 0.3) is 0 Å². The van der Waals surface area contributed by atoms with E-state index >= 15 is 0 Å². The summed E-state index contributed by atoms with van der Waals surface area (Å²) in [6.07, 6.45) is 5.12. The molecule has 0 radical (unpaired) electrons. The molecule has 0 heterocycles. The Hall–Kier alpha value is -1.35. The van der Waals surface area contributed by atoms with Gasteiger partial charge in [-0.25, -0.2) is 0 Å². The quantitative estimate of drug-likeness (QED) is 0.839. The summed E-state index contributed by atoms with van der Waals surface area (Å²) in [4.78, 5) is 12.0. The van der Waals surface area contributed by atoms with Crippen molar-refractivity contribution in [3.05, 3.63) is 35.9 Å². The maximum atomic E-state index is 12.0. The number of rotatable bonds is 5. The Labute approximate surface area is 121 Å². The molecule has 0 saturated heterocycles. The average molecular weight is 275 g/mol. The molecule has 0 amide bonds. The predicted octanol–water partition coefficient (Wildman–Crippen LogP) is 3.11. The summed E-state index contributed by atoms with van der Waals surface area (Å²) in [7, 11) is 1.46. The number of benzene rings is 1. The highest BCUT2D eigenvalue weighted by Gasteiger charge is 2.25. The zero-order valence-corrected chi connectivity index (χ0v) is 12.5. The zero-order valence-electron chi connectivity index (χ0n) is 12.5. The van der Waals surface area contributed by atoms with Crippen molar-refractivity contribution in [2.24, 2.45) is 5.92 Å². The summed E-state index contributed by atoms with van der Waals surface area (Å²) in [6, 6.07) is 10.4. The van der Waals surface area contributed by atoms with E-state index in [9.17, 15) is 4.79 Å². The SMILES string of the molecule is COC(=O)C(CNC1CCCCC1C)c1ccccc1. The molecule has 2 rings (SSSR count). The van der Waals surface area contributed by atoms with Crippen LogP contribution in [0.2, 0.25) is 0 Å². The van der Waals surface area contributed by atoms with Gasteiger partial charge < -0.3 is 10.1 Å². The molecule has 1 aliphatic rings. The molecule has 1 aromatic carbocycles. The van der Waals surface area contributed by atoms with Crippen molar-refractivity contribution in [1.82, 2.24) is 5.32 Å². The van der Waals surface area contributed by atoms with E-state index in [1.54, 1.807) is 0 Å². The minimum absolute atomic E-state index is 0.160. The monoisotopic (exact) mass is 275 g/mol. The van der Waals surface area contributed by atoms with E-state index in [0.29, 0.717) is 18.5 Å². The number of ether oxygens (including phenoxy) is 1. The molecular weight excluding hydrogens is 250 g/mol. The van der Waals surface area contributed by atoms with Gasteiger partial charge in [0.15, 0.2) is 0 Å². The molecular formula is C17H25NO2. The van der Waals surface area contributed by atoms with E-state index in [2.05, 4.69) is 12.2 Å².